The van der Waals surface area contributed by atoms with Crippen LogP contribution < -0.4 is 25.2 Å². The van der Waals surface area contributed by atoms with Crippen LogP contribution in [0.4, 0.5) is 23.1 Å². The summed E-state index contributed by atoms with van der Waals surface area (Å²) in [6.07, 6.45) is 6.95. The van der Waals surface area contributed by atoms with Crippen molar-refractivity contribution in [2.75, 3.05) is 49.4 Å². The van der Waals surface area contributed by atoms with Gasteiger partial charge in [-0.2, -0.15) is 4.98 Å². The Morgan fingerprint density at radius 1 is 1.20 bits per heavy atom. The van der Waals surface area contributed by atoms with Gasteiger partial charge in [-0.25, -0.2) is 4.98 Å². The molecular formula is C30H43N7O3. The number of hydrogen-bond acceptors (Lipinski definition) is 8. The third-order valence-electron chi connectivity index (χ3n) is 8.80. The van der Waals surface area contributed by atoms with Gasteiger partial charge in [0.2, 0.25) is 11.9 Å². The summed E-state index contributed by atoms with van der Waals surface area (Å²) in [7, 11) is 5.56. The van der Waals surface area contributed by atoms with Crippen molar-refractivity contribution >= 4 is 35.0 Å². The van der Waals surface area contributed by atoms with Crippen molar-refractivity contribution in [3.05, 3.63) is 30.0 Å². The maximum atomic E-state index is 13.2. The number of fused-ring (bicyclic) bond motifs is 2. The zero-order valence-corrected chi connectivity index (χ0v) is 24.6. The molecule has 216 valence electrons. The zero-order valence-electron chi connectivity index (χ0n) is 24.6. The van der Waals surface area contributed by atoms with Gasteiger partial charge in [-0.15, -0.1) is 0 Å². The topological polar surface area (TPSA) is 103 Å². The number of amides is 2. The van der Waals surface area contributed by atoms with Gasteiger partial charge in [0.25, 0.3) is 5.91 Å². The molecule has 0 bridgehead atoms. The first-order valence-corrected chi connectivity index (χ1v) is 14.6. The van der Waals surface area contributed by atoms with Gasteiger partial charge >= 0.3 is 0 Å². The third kappa shape index (κ3) is 5.46. The summed E-state index contributed by atoms with van der Waals surface area (Å²) in [5.41, 5.74) is 1.91. The van der Waals surface area contributed by atoms with E-state index < -0.39 is 0 Å². The molecule has 2 fully saturated rings. The second kappa shape index (κ2) is 11.6. The standard InChI is InChI=1S/C30H43N7O3/c1-7-24-29(39)36(5)25-16-31-30(34-27(25)37(24)18(2)3)33-23-11-10-20(15-26(23)40-6)28(38)32-22-13-19-9-8-12-35(4)17-21(19)14-22/h10-11,15-16,18-19,21-22,24H,7-9,12-14,17H2,1-6H3,(H,32,38)(H,31,33,34). The van der Waals surface area contributed by atoms with E-state index in [9.17, 15) is 9.59 Å². The lowest BCUT2D eigenvalue weighted by Gasteiger charge is -2.42. The van der Waals surface area contributed by atoms with Crippen LogP contribution in [0.15, 0.2) is 24.4 Å². The average molecular weight is 550 g/mol. The maximum Gasteiger partial charge on any atom is 0.251 e. The highest BCUT2D eigenvalue weighted by Crippen LogP contribution is 2.39. The van der Waals surface area contributed by atoms with Gasteiger partial charge in [-0.05, 0) is 89.6 Å². The number of anilines is 4. The SMILES string of the molecule is CCC1C(=O)N(C)c2cnc(Nc3ccc(C(=O)NC4CC5CCCN(C)CC5C4)cc3OC)nc2N1C(C)C. The lowest BCUT2D eigenvalue weighted by molar-refractivity contribution is -0.120. The van der Waals surface area contributed by atoms with Gasteiger partial charge in [0, 0.05) is 31.2 Å². The molecule has 0 spiro atoms. The van der Waals surface area contributed by atoms with Crippen LogP contribution in [0.5, 0.6) is 5.75 Å². The Balaban J connectivity index is 1.31. The molecule has 10 heteroatoms. The summed E-state index contributed by atoms with van der Waals surface area (Å²) in [4.78, 5) is 41.6. The van der Waals surface area contributed by atoms with Crippen LogP contribution in [0.2, 0.25) is 0 Å². The smallest absolute Gasteiger partial charge is 0.251 e. The highest BCUT2D eigenvalue weighted by atomic mass is 16.5. The second-order valence-electron chi connectivity index (χ2n) is 11.8. The van der Waals surface area contributed by atoms with Gasteiger partial charge in [-0.3, -0.25) is 9.59 Å². The Morgan fingerprint density at radius 2 is 1.98 bits per heavy atom. The van der Waals surface area contributed by atoms with E-state index in [1.54, 1.807) is 37.4 Å². The molecule has 4 unspecified atom stereocenters. The molecule has 2 N–H and O–H groups in total. The minimum absolute atomic E-state index is 0.0442. The Morgan fingerprint density at radius 3 is 2.70 bits per heavy atom. The summed E-state index contributed by atoms with van der Waals surface area (Å²) in [6.45, 7) is 8.43. The molecule has 2 aliphatic heterocycles. The molecule has 1 aliphatic carbocycles. The number of aromatic nitrogens is 2. The van der Waals surface area contributed by atoms with E-state index in [0.29, 0.717) is 46.9 Å². The van der Waals surface area contributed by atoms with E-state index in [1.807, 2.05) is 13.0 Å². The Kier molecular flexibility index (Phi) is 8.16. The molecule has 3 aliphatic rings. The second-order valence-corrected chi connectivity index (χ2v) is 11.8. The average Bonchev–Trinajstić information content (AvgIpc) is 3.21. The largest absolute Gasteiger partial charge is 0.495 e. The number of carbonyl (C=O) groups excluding carboxylic acids is 2. The van der Waals surface area contributed by atoms with Crippen LogP contribution in [0.25, 0.3) is 0 Å². The van der Waals surface area contributed by atoms with Crippen LogP contribution in [-0.2, 0) is 4.79 Å². The Labute approximate surface area is 237 Å². The van der Waals surface area contributed by atoms with E-state index in [2.05, 4.69) is 46.3 Å². The van der Waals surface area contributed by atoms with Crippen molar-refractivity contribution in [3.8, 4) is 5.75 Å². The molecule has 1 aromatic heterocycles. The van der Waals surface area contributed by atoms with E-state index in [-0.39, 0.29) is 29.9 Å². The molecule has 10 nitrogen and oxygen atoms in total. The molecule has 1 saturated heterocycles. The van der Waals surface area contributed by atoms with Crippen LogP contribution in [0.3, 0.4) is 0 Å². The number of methoxy groups -OCH3 is 1. The predicted molar refractivity (Wildman–Crippen MR) is 158 cm³/mol. The number of hydrogen-bond donors (Lipinski definition) is 2. The number of carbonyl (C=O) groups is 2. The van der Waals surface area contributed by atoms with E-state index in [0.717, 1.165) is 25.2 Å². The summed E-state index contributed by atoms with van der Waals surface area (Å²) >= 11 is 0. The van der Waals surface area contributed by atoms with Crippen molar-refractivity contribution in [3.63, 3.8) is 0 Å². The van der Waals surface area contributed by atoms with Crippen LogP contribution >= 0.6 is 0 Å². The molecular weight excluding hydrogens is 506 g/mol. The van der Waals surface area contributed by atoms with Crippen LogP contribution in [-0.4, -0.2) is 79.1 Å². The minimum Gasteiger partial charge on any atom is -0.495 e. The van der Waals surface area contributed by atoms with Gasteiger partial charge in [0.05, 0.1) is 19.0 Å². The number of rotatable bonds is 7. The number of likely N-dealkylation sites (tertiary alicyclic amines) is 1. The maximum absolute atomic E-state index is 13.2. The van der Waals surface area contributed by atoms with Crippen molar-refractivity contribution in [1.82, 2.24) is 20.2 Å². The molecule has 2 aromatic rings. The first-order chi connectivity index (χ1) is 19.2. The minimum atomic E-state index is -0.276. The molecule has 5 rings (SSSR count). The fraction of sp³-hybridized carbons (Fsp3) is 0.600. The van der Waals surface area contributed by atoms with Gasteiger partial charge in [-0.1, -0.05) is 6.92 Å². The fourth-order valence-corrected chi connectivity index (χ4v) is 6.78. The van der Waals surface area contributed by atoms with Crippen molar-refractivity contribution in [1.29, 1.82) is 0 Å². The molecule has 1 saturated carbocycles. The molecule has 40 heavy (non-hydrogen) atoms. The first kappa shape index (κ1) is 28.1. The summed E-state index contributed by atoms with van der Waals surface area (Å²) in [5.74, 6) is 2.98. The highest BCUT2D eigenvalue weighted by molar-refractivity contribution is 6.04. The first-order valence-electron chi connectivity index (χ1n) is 14.6. The van der Waals surface area contributed by atoms with Crippen molar-refractivity contribution in [2.24, 2.45) is 11.8 Å². The third-order valence-corrected chi connectivity index (χ3v) is 8.80. The molecule has 0 radical (unpaired) electrons. The molecule has 4 atom stereocenters. The van der Waals surface area contributed by atoms with E-state index >= 15 is 0 Å². The lowest BCUT2D eigenvalue weighted by atomic mass is 9.93. The van der Waals surface area contributed by atoms with Gasteiger partial charge in [0.15, 0.2) is 5.82 Å². The quantitative estimate of drug-likeness (QED) is 0.533. The van der Waals surface area contributed by atoms with Crippen LogP contribution in [0.1, 0.15) is 63.2 Å². The van der Waals surface area contributed by atoms with Gasteiger partial charge < -0.3 is 30.1 Å². The summed E-state index contributed by atoms with van der Waals surface area (Å²) < 4.78 is 5.65. The predicted octanol–water partition coefficient (Wildman–Crippen LogP) is 4.05. The number of nitrogens with zero attached hydrogens (tertiary/aromatic N) is 5. The molecule has 1 aromatic carbocycles. The number of ether oxygens (including phenoxy) is 1. The Bertz CT molecular complexity index is 1250. The summed E-state index contributed by atoms with van der Waals surface area (Å²) in [6, 6.07) is 5.42. The van der Waals surface area contributed by atoms with Gasteiger partial charge in [0.1, 0.15) is 17.5 Å². The monoisotopic (exact) mass is 549 g/mol. The lowest BCUT2D eigenvalue weighted by Crippen LogP contribution is -2.54. The van der Waals surface area contributed by atoms with Crippen molar-refractivity contribution in [2.45, 2.75) is 71.0 Å². The number of nitrogens with one attached hydrogen (secondary N) is 2. The van der Waals surface area contributed by atoms with E-state index in [1.165, 1.54) is 19.4 Å². The number of benzene rings is 1. The van der Waals surface area contributed by atoms with Crippen molar-refractivity contribution < 1.29 is 14.3 Å². The molecule has 3 heterocycles. The van der Waals surface area contributed by atoms with Crippen LogP contribution in [0, 0.1) is 11.8 Å². The van der Waals surface area contributed by atoms with E-state index in [4.69, 9.17) is 9.72 Å². The Hall–Kier alpha value is -3.40. The highest BCUT2D eigenvalue weighted by Gasteiger charge is 2.39. The zero-order chi connectivity index (χ0) is 28.6. The summed E-state index contributed by atoms with van der Waals surface area (Å²) in [5, 5.41) is 6.54. The number of likely N-dealkylation sites (N-methyl/N-ethyl adjacent to an activating group) is 1. The normalized spacial score (nSPS) is 24.9. The molecule has 2 amide bonds. The fourth-order valence-electron chi connectivity index (χ4n) is 6.78.